The molecule has 4 rings (SSSR count). The van der Waals surface area contributed by atoms with Gasteiger partial charge < -0.3 is 15.1 Å². The second-order valence-corrected chi connectivity index (χ2v) is 8.86. The smallest absolute Gasteiger partial charge is 0.247 e. The second-order valence-electron chi connectivity index (χ2n) is 8.86. The van der Waals surface area contributed by atoms with Crippen LogP contribution in [0, 0.1) is 0 Å². The number of nitrogens with one attached hydrogen (secondary N) is 1. The minimum absolute atomic E-state index is 0.202. The molecule has 0 bridgehead atoms. The van der Waals surface area contributed by atoms with Crippen LogP contribution in [-0.4, -0.2) is 42.6 Å². The van der Waals surface area contributed by atoms with Crippen LogP contribution in [0.1, 0.15) is 56.9 Å². The first-order chi connectivity index (χ1) is 14.7. The van der Waals surface area contributed by atoms with Gasteiger partial charge in [0.1, 0.15) is 5.54 Å². The van der Waals surface area contributed by atoms with Crippen LogP contribution in [0.15, 0.2) is 60.7 Å². The zero-order valence-electron chi connectivity index (χ0n) is 18.2. The number of hydrogen-bond donors (Lipinski definition) is 1. The summed E-state index contributed by atoms with van der Waals surface area (Å²) in [6, 6.07) is 21.4. The first-order valence-electron chi connectivity index (χ1n) is 11.6. The third-order valence-corrected chi connectivity index (χ3v) is 6.99. The zero-order valence-corrected chi connectivity index (χ0v) is 18.2. The minimum atomic E-state index is -0.387. The normalized spacial score (nSPS) is 19.8. The summed E-state index contributed by atoms with van der Waals surface area (Å²) in [7, 11) is 0. The van der Waals surface area contributed by atoms with Crippen molar-refractivity contribution in [2.45, 2.75) is 56.9 Å². The van der Waals surface area contributed by atoms with E-state index >= 15 is 0 Å². The lowest BCUT2D eigenvalue weighted by Crippen LogP contribution is -2.56. The molecule has 1 spiro atoms. The molecule has 2 aliphatic rings. The molecule has 160 valence electrons. The minimum Gasteiger partial charge on any atom is -0.339 e. The Morgan fingerprint density at radius 3 is 2.30 bits per heavy atom. The Hall–Kier alpha value is -2.33. The van der Waals surface area contributed by atoms with Crippen molar-refractivity contribution in [3.8, 4) is 0 Å². The third-order valence-electron chi connectivity index (χ3n) is 6.99. The van der Waals surface area contributed by atoms with Crippen LogP contribution < -0.4 is 10.2 Å². The van der Waals surface area contributed by atoms with Crippen molar-refractivity contribution in [3.05, 3.63) is 66.2 Å². The Labute approximate surface area is 181 Å². The lowest BCUT2D eigenvalue weighted by molar-refractivity contribution is -0.125. The lowest BCUT2D eigenvalue weighted by Gasteiger charge is -2.44. The summed E-state index contributed by atoms with van der Waals surface area (Å²) < 4.78 is 0. The average Bonchev–Trinajstić information content (AvgIpc) is 3.11. The highest BCUT2D eigenvalue weighted by Gasteiger charge is 2.50. The maximum absolute atomic E-state index is 12.9. The van der Waals surface area contributed by atoms with Gasteiger partial charge in [0.2, 0.25) is 5.91 Å². The summed E-state index contributed by atoms with van der Waals surface area (Å²) in [6.45, 7) is 5.94. The van der Waals surface area contributed by atoms with Gasteiger partial charge in [0.15, 0.2) is 0 Å². The second kappa shape index (κ2) is 9.65. The summed E-state index contributed by atoms with van der Waals surface area (Å²) >= 11 is 0. The molecule has 4 heteroatoms. The van der Waals surface area contributed by atoms with Crippen LogP contribution in [0.5, 0.6) is 0 Å². The monoisotopic (exact) mass is 405 g/mol. The Morgan fingerprint density at radius 1 is 0.967 bits per heavy atom. The molecule has 2 fully saturated rings. The van der Waals surface area contributed by atoms with Crippen molar-refractivity contribution in [2.24, 2.45) is 0 Å². The van der Waals surface area contributed by atoms with Crippen molar-refractivity contribution in [3.63, 3.8) is 0 Å². The van der Waals surface area contributed by atoms with Gasteiger partial charge in [0, 0.05) is 25.3 Å². The molecule has 1 N–H and O–H groups in total. The predicted molar refractivity (Wildman–Crippen MR) is 124 cm³/mol. The van der Waals surface area contributed by atoms with E-state index in [9.17, 15) is 4.79 Å². The SMILES string of the molecule is CCCCC[C@@H](CN1CCC2(CC1)C(=O)NCN2c1ccccc1)c1ccccc1. The maximum Gasteiger partial charge on any atom is 0.247 e. The summed E-state index contributed by atoms with van der Waals surface area (Å²) in [5.74, 6) is 0.781. The van der Waals surface area contributed by atoms with Gasteiger partial charge in [-0.3, -0.25) is 4.79 Å². The zero-order chi connectivity index (χ0) is 20.8. The lowest BCUT2D eigenvalue weighted by atomic mass is 9.84. The molecule has 1 atom stereocenters. The maximum atomic E-state index is 12.9. The Bertz CT molecular complexity index is 800. The molecule has 4 nitrogen and oxygen atoms in total. The van der Waals surface area contributed by atoms with Crippen LogP contribution in [0.2, 0.25) is 0 Å². The van der Waals surface area contributed by atoms with Crippen LogP contribution in [0.3, 0.4) is 0 Å². The summed E-state index contributed by atoms with van der Waals surface area (Å²) in [5.41, 5.74) is 2.21. The molecule has 0 unspecified atom stereocenters. The van der Waals surface area contributed by atoms with Crippen molar-refractivity contribution in [2.75, 3.05) is 31.2 Å². The van der Waals surface area contributed by atoms with Crippen LogP contribution >= 0.6 is 0 Å². The number of likely N-dealkylation sites (tertiary alicyclic amines) is 1. The first kappa shape index (κ1) is 20.9. The molecule has 0 aliphatic carbocycles. The van der Waals surface area contributed by atoms with E-state index in [1.807, 2.05) is 6.07 Å². The van der Waals surface area contributed by atoms with Crippen LogP contribution in [-0.2, 0) is 4.79 Å². The van der Waals surface area contributed by atoms with Gasteiger partial charge in [-0.2, -0.15) is 0 Å². The molecular formula is C26H35N3O. The molecule has 1 amide bonds. The summed E-state index contributed by atoms with van der Waals surface area (Å²) in [5, 5.41) is 3.11. The molecular weight excluding hydrogens is 370 g/mol. The van der Waals surface area contributed by atoms with Crippen molar-refractivity contribution >= 4 is 11.6 Å². The third kappa shape index (κ3) is 4.39. The standard InChI is InChI=1S/C26H35N3O/c1-2-3-6-13-23(22-11-7-4-8-12-22)20-28-18-16-26(17-19-28)25(30)27-21-29(26)24-14-9-5-10-15-24/h4-5,7-12,14-15,23H,2-3,6,13,16-21H2,1H3,(H,27,30)/t23-/m0/s1. The van der Waals surface area contributed by atoms with Crippen molar-refractivity contribution < 1.29 is 4.79 Å². The van der Waals surface area contributed by atoms with Gasteiger partial charge in [-0.25, -0.2) is 0 Å². The number of piperidine rings is 1. The van der Waals surface area contributed by atoms with E-state index in [0.29, 0.717) is 12.6 Å². The number of anilines is 1. The van der Waals surface area contributed by atoms with Gasteiger partial charge in [-0.05, 0) is 42.9 Å². The molecule has 0 radical (unpaired) electrons. The Kier molecular flexibility index (Phi) is 6.73. The van der Waals surface area contributed by atoms with E-state index in [-0.39, 0.29) is 11.4 Å². The number of unbranched alkanes of at least 4 members (excludes halogenated alkanes) is 2. The van der Waals surface area contributed by atoms with E-state index in [1.54, 1.807) is 0 Å². The fourth-order valence-corrected chi connectivity index (χ4v) is 5.18. The highest BCUT2D eigenvalue weighted by molar-refractivity contribution is 5.93. The number of hydrogen-bond acceptors (Lipinski definition) is 3. The number of benzene rings is 2. The topological polar surface area (TPSA) is 35.6 Å². The number of amides is 1. The number of carbonyl (C=O) groups excluding carboxylic acids is 1. The van der Waals surface area contributed by atoms with Gasteiger partial charge in [-0.15, -0.1) is 0 Å². The molecule has 2 saturated heterocycles. The van der Waals surface area contributed by atoms with E-state index in [2.05, 4.69) is 76.6 Å². The van der Waals surface area contributed by atoms with E-state index in [0.717, 1.165) is 38.2 Å². The molecule has 2 aliphatic heterocycles. The summed E-state index contributed by atoms with van der Waals surface area (Å²) in [6.07, 6.45) is 6.89. The number of rotatable bonds is 8. The largest absolute Gasteiger partial charge is 0.339 e. The van der Waals surface area contributed by atoms with E-state index in [4.69, 9.17) is 0 Å². The van der Waals surface area contributed by atoms with Gasteiger partial charge >= 0.3 is 0 Å². The molecule has 2 aromatic rings. The highest BCUT2D eigenvalue weighted by atomic mass is 16.2. The summed E-state index contributed by atoms with van der Waals surface area (Å²) in [4.78, 5) is 17.8. The first-order valence-corrected chi connectivity index (χ1v) is 11.6. The van der Waals surface area contributed by atoms with Gasteiger partial charge in [0.05, 0.1) is 6.67 Å². The molecule has 2 heterocycles. The predicted octanol–water partition coefficient (Wildman–Crippen LogP) is 4.78. The van der Waals surface area contributed by atoms with Gasteiger partial charge in [-0.1, -0.05) is 74.7 Å². The number of carbonyl (C=O) groups is 1. The average molecular weight is 406 g/mol. The molecule has 0 aromatic heterocycles. The van der Waals surface area contributed by atoms with E-state index in [1.165, 1.54) is 31.2 Å². The fraction of sp³-hybridized carbons (Fsp3) is 0.500. The number of para-hydroxylation sites is 1. The molecule has 30 heavy (non-hydrogen) atoms. The van der Waals surface area contributed by atoms with Crippen LogP contribution in [0.25, 0.3) is 0 Å². The van der Waals surface area contributed by atoms with Gasteiger partial charge in [0.25, 0.3) is 0 Å². The quantitative estimate of drug-likeness (QED) is 0.642. The Morgan fingerprint density at radius 2 is 1.63 bits per heavy atom. The van der Waals surface area contributed by atoms with Crippen molar-refractivity contribution in [1.82, 2.24) is 10.2 Å². The fourth-order valence-electron chi connectivity index (χ4n) is 5.18. The molecule has 2 aromatic carbocycles. The number of nitrogens with zero attached hydrogens (tertiary/aromatic N) is 2. The molecule has 0 saturated carbocycles. The Balaban J connectivity index is 1.43. The van der Waals surface area contributed by atoms with Crippen LogP contribution in [0.4, 0.5) is 5.69 Å². The van der Waals surface area contributed by atoms with Crippen molar-refractivity contribution in [1.29, 1.82) is 0 Å². The van der Waals surface area contributed by atoms with E-state index < -0.39 is 0 Å². The highest BCUT2D eigenvalue weighted by Crippen LogP contribution is 2.37.